The van der Waals surface area contributed by atoms with Crippen LogP contribution in [0.15, 0.2) is 112 Å². The van der Waals surface area contributed by atoms with Crippen LogP contribution in [0.25, 0.3) is 28.2 Å². The first-order valence-electron chi connectivity index (χ1n) is 23.9. The van der Waals surface area contributed by atoms with Gasteiger partial charge in [-0.1, -0.05) is 87.0 Å². The van der Waals surface area contributed by atoms with E-state index in [1.54, 1.807) is 6.07 Å². The first kappa shape index (κ1) is 49.2. The molecule has 0 spiro atoms. The van der Waals surface area contributed by atoms with E-state index in [0.29, 0.717) is 62.8 Å². The molecule has 15 heteroatoms. The number of benzene rings is 5. The number of H-pyrrole nitrogens is 1. The van der Waals surface area contributed by atoms with Gasteiger partial charge in [0, 0.05) is 51.9 Å². The predicted molar refractivity (Wildman–Crippen MR) is 270 cm³/mol. The number of nitrogens with zero attached hydrogens (tertiary/aromatic N) is 5. The summed E-state index contributed by atoms with van der Waals surface area (Å²) >= 11 is 3.74. The molecule has 1 aromatic heterocycles. The molecule has 69 heavy (non-hydrogen) atoms. The molecule has 8 rings (SSSR count). The van der Waals surface area contributed by atoms with Gasteiger partial charge in [0.15, 0.2) is 5.82 Å². The Morgan fingerprint density at radius 1 is 0.841 bits per heavy atom. The molecule has 0 saturated carbocycles. The Labute approximate surface area is 412 Å². The zero-order valence-corrected chi connectivity index (χ0v) is 41.2. The third-order valence-electron chi connectivity index (χ3n) is 13.2. The Balaban J connectivity index is 0.732. The summed E-state index contributed by atoms with van der Waals surface area (Å²) < 4.78 is 14.4. The van der Waals surface area contributed by atoms with Gasteiger partial charge in [0.2, 0.25) is 11.8 Å². The van der Waals surface area contributed by atoms with Gasteiger partial charge < -0.3 is 29.9 Å². The Hall–Kier alpha value is -6.26. The number of likely N-dealkylation sites (tertiary alicyclic amines) is 1. The number of amides is 2. The van der Waals surface area contributed by atoms with Crippen LogP contribution in [0.2, 0.25) is 0 Å². The third kappa shape index (κ3) is 12.1. The van der Waals surface area contributed by atoms with E-state index in [0.717, 1.165) is 65.8 Å². The van der Waals surface area contributed by atoms with Gasteiger partial charge in [-0.05, 0) is 117 Å². The molecule has 362 valence electrons. The smallest absolute Gasteiger partial charge is 0.348 e. The zero-order valence-electron chi connectivity index (χ0n) is 39.6. The molecule has 2 fully saturated rings. The molecule has 4 N–H and O–H groups in total. The normalized spacial score (nSPS) is 15.7. The summed E-state index contributed by atoms with van der Waals surface area (Å²) in [6, 6.07) is 33.2. The van der Waals surface area contributed by atoms with E-state index < -0.39 is 5.69 Å². The predicted octanol–water partition coefficient (Wildman–Crippen LogP) is 8.30. The Bertz CT molecular complexity index is 2770. The van der Waals surface area contributed by atoms with Gasteiger partial charge in [-0.3, -0.25) is 19.4 Å². The number of phenolic OH excluding ortho intramolecular Hbond substituents is 2. The number of nitrogens with one attached hydrogen (secondary N) is 2. The van der Waals surface area contributed by atoms with E-state index in [4.69, 9.17) is 9.47 Å². The SMILES string of the molecule is Cc1c(COc2ccc(CN3CCCCC3C(=O)NCCOCCC(=O)N3CCN(Cc4ccc(-n5c(-c6cc(C(C)C)c(O)cc6O)n[nH]c5=O)cc4)CC3)cc2Br)cccc1-c1ccccc1. The highest BCUT2D eigenvalue weighted by Gasteiger charge is 2.29. The second-order valence-corrected chi connectivity index (χ2v) is 19.1. The van der Waals surface area contributed by atoms with E-state index in [2.05, 4.69) is 103 Å². The van der Waals surface area contributed by atoms with Crippen molar-refractivity contribution in [3.63, 3.8) is 0 Å². The van der Waals surface area contributed by atoms with Crippen molar-refractivity contribution < 1.29 is 29.3 Å². The number of hydrogen-bond acceptors (Lipinski definition) is 10. The van der Waals surface area contributed by atoms with Crippen LogP contribution in [-0.4, -0.2) is 110 Å². The number of piperidine rings is 1. The van der Waals surface area contributed by atoms with E-state index in [-0.39, 0.29) is 54.1 Å². The van der Waals surface area contributed by atoms with Crippen molar-refractivity contribution >= 4 is 27.7 Å². The van der Waals surface area contributed by atoms with Gasteiger partial charge in [-0.15, -0.1) is 0 Å². The summed E-state index contributed by atoms with van der Waals surface area (Å²) in [4.78, 5) is 45.8. The molecule has 1 atom stereocenters. The lowest BCUT2D eigenvalue weighted by Gasteiger charge is -2.35. The standard InChI is InChI=1S/C54H62BrN7O7/c1-36(2)44-31-45(49(64)32-48(44)63)52-57-58-54(67)62(52)42-18-15-38(16-19-42)33-59-24-26-60(27-25-59)51(65)21-28-68-29-22-56-53(66)47-14-7-8-23-61(47)34-39-17-20-50(46(55)30-39)69-35-41-12-9-13-43(37(41)3)40-10-5-4-6-11-40/h4-6,9-13,15-20,30-32,36,47,63-64H,7-8,14,21-29,33-35H2,1-3H3,(H,56,66)(H,58,67). The first-order chi connectivity index (χ1) is 33.4. The Morgan fingerprint density at radius 3 is 2.36 bits per heavy atom. The molecule has 3 heterocycles. The van der Waals surface area contributed by atoms with E-state index in [1.165, 1.54) is 27.3 Å². The molecule has 0 radical (unpaired) electrons. The fourth-order valence-corrected chi connectivity index (χ4v) is 9.84. The van der Waals surface area contributed by atoms with Crippen molar-refractivity contribution in [3.8, 4) is 45.5 Å². The number of ether oxygens (including phenoxy) is 2. The summed E-state index contributed by atoms with van der Waals surface area (Å²) in [5.41, 5.74) is 8.01. The molecule has 5 aromatic carbocycles. The number of aromatic nitrogens is 3. The number of aromatic amines is 1. The quantitative estimate of drug-likeness (QED) is 0.0616. The lowest BCUT2D eigenvalue weighted by Crippen LogP contribution is -2.49. The third-order valence-corrected chi connectivity index (χ3v) is 13.8. The molecular formula is C54H62BrN7O7. The van der Waals surface area contributed by atoms with Crippen molar-refractivity contribution in [2.45, 2.75) is 78.1 Å². The minimum absolute atomic E-state index is 0.00447. The van der Waals surface area contributed by atoms with Crippen molar-refractivity contribution in [1.82, 2.24) is 34.8 Å². The number of rotatable bonds is 18. The first-order valence-corrected chi connectivity index (χ1v) is 24.7. The van der Waals surface area contributed by atoms with Crippen LogP contribution < -0.4 is 15.7 Å². The maximum Gasteiger partial charge on any atom is 0.348 e. The van der Waals surface area contributed by atoms with Crippen LogP contribution in [0.5, 0.6) is 17.2 Å². The monoisotopic (exact) mass is 999 g/mol. The maximum atomic E-state index is 13.4. The largest absolute Gasteiger partial charge is 0.508 e. The molecular weight excluding hydrogens is 939 g/mol. The lowest BCUT2D eigenvalue weighted by molar-refractivity contribution is -0.134. The van der Waals surface area contributed by atoms with Crippen molar-refractivity contribution in [2.75, 3.05) is 52.5 Å². The van der Waals surface area contributed by atoms with Gasteiger partial charge in [0.05, 0.1) is 41.4 Å². The summed E-state index contributed by atoms with van der Waals surface area (Å²) in [6.07, 6.45) is 3.13. The van der Waals surface area contributed by atoms with E-state index in [9.17, 15) is 24.6 Å². The van der Waals surface area contributed by atoms with Crippen LogP contribution in [0.4, 0.5) is 0 Å². The van der Waals surface area contributed by atoms with Crippen LogP contribution in [0.1, 0.15) is 73.3 Å². The van der Waals surface area contributed by atoms with Gasteiger partial charge >= 0.3 is 5.69 Å². The number of phenols is 2. The fourth-order valence-electron chi connectivity index (χ4n) is 9.30. The molecule has 2 aliphatic rings. The number of piperazine rings is 1. The van der Waals surface area contributed by atoms with E-state index in [1.807, 2.05) is 55.1 Å². The number of aromatic hydroxyl groups is 2. The van der Waals surface area contributed by atoms with Crippen LogP contribution in [0, 0.1) is 6.92 Å². The second kappa shape index (κ2) is 22.9. The number of hydrogen-bond donors (Lipinski definition) is 4. The molecule has 0 aliphatic carbocycles. The van der Waals surface area contributed by atoms with Crippen LogP contribution >= 0.6 is 15.9 Å². The number of halogens is 1. The summed E-state index contributed by atoms with van der Waals surface area (Å²) in [5.74, 6) is 0.881. The average molecular weight is 1000 g/mol. The van der Waals surface area contributed by atoms with Gasteiger partial charge in [-0.2, -0.15) is 5.10 Å². The number of carbonyl (C=O) groups excluding carboxylic acids is 2. The molecule has 2 saturated heterocycles. The molecule has 6 aromatic rings. The van der Waals surface area contributed by atoms with Gasteiger partial charge in [0.25, 0.3) is 0 Å². The van der Waals surface area contributed by atoms with Crippen molar-refractivity contribution in [3.05, 3.63) is 146 Å². The highest BCUT2D eigenvalue weighted by Crippen LogP contribution is 2.37. The number of carbonyl (C=O) groups is 2. The lowest BCUT2D eigenvalue weighted by atomic mass is 9.97. The second-order valence-electron chi connectivity index (χ2n) is 18.2. The van der Waals surface area contributed by atoms with Gasteiger partial charge in [-0.25, -0.2) is 14.5 Å². The Kier molecular flexibility index (Phi) is 16.3. The van der Waals surface area contributed by atoms with Crippen LogP contribution in [-0.2, 0) is 34.0 Å². The van der Waals surface area contributed by atoms with Gasteiger partial charge in [0.1, 0.15) is 23.9 Å². The molecule has 2 aliphatic heterocycles. The van der Waals surface area contributed by atoms with Crippen molar-refractivity contribution in [2.24, 2.45) is 0 Å². The van der Waals surface area contributed by atoms with Crippen LogP contribution in [0.3, 0.4) is 0 Å². The molecule has 1 unspecified atom stereocenters. The summed E-state index contributed by atoms with van der Waals surface area (Å²) in [6.45, 7) is 12.3. The molecule has 0 bridgehead atoms. The summed E-state index contributed by atoms with van der Waals surface area (Å²) in [5, 5.41) is 30.7. The summed E-state index contributed by atoms with van der Waals surface area (Å²) in [7, 11) is 0. The molecule has 2 amide bonds. The topological polar surface area (TPSA) is 165 Å². The Morgan fingerprint density at radius 2 is 1.61 bits per heavy atom. The van der Waals surface area contributed by atoms with Crippen molar-refractivity contribution in [1.29, 1.82) is 0 Å². The average Bonchev–Trinajstić information content (AvgIpc) is 3.73. The highest BCUT2D eigenvalue weighted by atomic mass is 79.9. The molecule has 14 nitrogen and oxygen atoms in total. The zero-order chi connectivity index (χ0) is 48.4. The fraction of sp³-hybridized carbons (Fsp3) is 0.370. The minimum Gasteiger partial charge on any atom is -0.508 e. The van der Waals surface area contributed by atoms with E-state index >= 15 is 0 Å². The minimum atomic E-state index is -0.445. The highest BCUT2D eigenvalue weighted by molar-refractivity contribution is 9.10. The maximum absolute atomic E-state index is 13.4.